The first-order valence-electron chi connectivity index (χ1n) is 11.1. The molecule has 1 amide bonds. The highest BCUT2D eigenvalue weighted by molar-refractivity contribution is 5.89. The summed E-state index contributed by atoms with van der Waals surface area (Å²) in [5, 5.41) is 19.8. The molecule has 0 N–H and O–H groups in total. The maximum absolute atomic E-state index is 12.5. The lowest BCUT2D eigenvalue weighted by atomic mass is 9.93. The number of anilines is 1. The summed E-state index contributed by atoms with van der Waals surface area (Å²) in [6, 6.07) is 19.2. The van der Waals surface area contributed by atoms with Crippen molar-refractivity contribution >= 4 is 17.7 Å². The molecule has 0 saturated carbocycles. The fourth-order valence-corrected chi connectivity index (χ4v) is 4.54. The lowest BCUT2D eigenvalue weighted by Gasteiger charge is -2.40. The molecule has 0 bridgehead atoms. The molecular formula is C25H26N3O5-. The van der Waals surface area contributed by atoms with Gasteiger partial charge in [0.25, 0.3) is 0 Å². The van der Waals surface area contributed by atoms with Crippen LogP contribution in [0, 0.1) is 11.3 Å². The number of benzene rings is 2. The molecule has 2 aromatic rings. The molecule has 2 aliphatic rings. The zero-order valence-electron chi connectivity index (χ0n) is 18.3. The Balaban J connectivity index is 1.41. The molecular weight excluding hydrogens is 422 g/mol. The van der Waals surface area contributed by atoms with E-state index in [-0.39, 0.29) is 18.2 Å². The monoisotopic (exact) mass is 448 g/mol. The van der Waals surface area contributed by atoms with Gasteiger partial charge in [0.05, 0.1) is 36.9 Å². The topological polar surface area (TPSA) is 106 Å². The van der Waals surface area contributed by atoms with Crippen LogP contribution in [0.1, 0.15) is 24.0 Å². The van der Waals surface area contributed by atoms with Gasteiger partial charge in [0.2, 0.25) is 0 Å². The summed E-state index contributed by atoms with van der Waals surface area (Å²) in [4.78, 5) is 27.2. The molecule has 8 heteroatoms. The number of hydrogen-bond donors (Lipinski definition) is 0. The van der Waals surface area contributed by atoms with Gasteiger partial charge < -0.3 is 19.4 Å². The smallest absolute Gasteiger partial charge is 0.414 e. The molecule has 0 aliphatic carbocycles. The summed E-state index contributed by atoms with van der Waals surface area (Å²) >= 11 is 0. The van der Waals surface area contributed by atoms with Crippen molar-refractivity contribution in [2.75, 3.05) is 31.1 Å². The second kappa shape index (κ2) is 10.5. The average molecular weight is 448 g/mol. The Bertz CT molecular complexity index is 1000. The summed E-state index contributed by atoms with van der Waals surface area (Å²) in [5.74, 6) is -1.21. The molecule has 3 unspecified atom stereocenters. The maximum Gasteiger partial charge on any atom is 0.414 e. The third-order valence-electron chi connectivity index (χ3n) is 6.16. The third kappa shape index (κ3) is 5.89. The van der Waals surface area contributed by atoms with Gasteiger partial charge in [-0.15, -0.1) is 0 Å². The molecule has 0 spiro atoms. The second-order valence-electron chi connectivity index (χ2n) is 8.44. The molecule has 172 valence electrons. The van der Waals surface area contributed by atoms with E-state index in [9.17, 15) is 14.7 Å². The molecule has 0 aromatic heterocycles. The maximum atomic E-state index is 12.5. The van der Waals surface area contributed by atoms with Crippen LogP contribution in [0.4, 0.5) is 10.5 Å². The summed E-state index contributed by atoms with van der Waals surface area (Å²) < 4.78 is 11.2. The molecule has 33 heavy (non-hydrogen) atoms. The van der Waals surface area contributed by atoms with E-state index in [2.05, 4.69) is 23.1 Å². The molecule has 4 rings (SSSR count). The molecule has 2 aromatic carbocycles. The Labute approximate surface area is 192 Å². The quantitative estimate of drug-likeness (QED) is 0.605. The molecule has 0 radical (unpaired) electrons. The number of nitrogens with zero attached hydrogens (tertiary/aromatic N) is 3. The van der Waals surface area contributed by atoms with Gasteiger partial charge in [0.15, 0.2) is 0 Å². The van der Waals surface area contributed by atoms with Gasteiger partial charge in [-0.1, -0.05) is 30.3 Å². The number of nitriles is 1. The van der Waals surface area contributed by atoms with Crippen LogP contribution in [-0.2, 0) is 20.7 Å². The third-order valence-corrected chi connectivity index (χ3v) is 6.16. The van der Waals surface area contributed by atoms with Crippen molar-refractivity contribution in [1.82, 2.24) is 4.90 Å². The lowest BCUT2D eigenvalue weighted by Crippen LogP contribution is -2.50. The SMILES string of the molecule is N#Cc1ccc(N2CC(CN3CCC(OCC(=O)[O-])CC3Cc3ccccc3)OC2=O)cc1. The number of carbonyl (C=O) groups is 2. The van der Waals surface area contributed by atoms with Crippen LogP contribution < -0.4 is 10.0 Å². The highest BCUT2D eigenvalue weighted by atomic mass is 16.6. The van der Waals surface area contributed by atoms with Gasteiger partial charge in [0, 0.05) is 24.8 Å². The van der Waals surface area contributed by atoms with Crippen molar-refractivity contribution in [2.24, 2.45) is 0 Å². The van der Waals surface area contributed by atoms with Gasteiger partial charge in [-0.25, -0.2) is 4.79 Å². The van der Waals surface area contributed by atoms with Gasteiger partial charge in [-0.05, 0) is 49.1 Å². The highest BCUT2D eigenvalue weighted by Crippen LogP contribution is 2.27. The number of carbonyl (C=O) groups excluding carboxylic acids is 2. The summed E-state index contributed by atoms with van der Waals surface area (Å²) in [7, 11) is 0. The average Bonchev–Trinajstić information content (AvgIpc) is 3.19. The molecule has 3 atom stereocenters. The predicted molar refractivity (Wildman–Crippen MR) is 118 cm³/mol. The van der Waals surface area contributed by atoms with E-state index in [4.69, 9.17) is 14.7 Å². The fraction of sp³-hybridized carbons (Fsp3) is 0.400. The number of likely N-dealkylation sites (tertiary alicyclic amines) is 1. The second-order valence-corrected chi connectivity index (χ2v) is 8.44. The molecule has 2 saturated heterocycles. The zero-order valence-corrected chi connectivity index (χ0v) is 18.3. The van der Waals surface area contributed by atoms with E-state index in [1.165, 1.54) is 5.56 Å². The number of cyclic esters (lactones) is 1. The van der Waals surface area contributed by atoms with Crippen LogP contribution >= 0.6 is 0 Å². The van der Waals surface area contributed by atoms with Crippen LogP contribution in [0.25, 0.3) is 0 Å². The Kier molecular flexibility index (Phi) is 7.23. The number of rotatable bonds is 8. The number of hydrogen-bond acceptors (Lipinski definition) is 7. The first-order chi connectivity index (χ1) is 16.0. The van der Waals surface area contributed by atoms with Crippen LogP contribution in [-0.4, -0.2) is 61.5 Å². The van der Waals surface area contributed by atoms with E-state index in [0.717, 1.165) is 13.0 Å². The van der Waals surface area contributed by atoms with Crippen LogP contribution in [0.2, 0.25) is 0 Å². The first kappa shape index (κ1) is 22.8. The number of amides is 1. The first-order valence-corrected chi connectivity index (χ1v) is 11.1. The van der Waals surface area contributed by atoms with E-state index < -0.39 is 18.7 Å². The summed E-state index contributed by atoms with van der Waals surface area (Å²) in [6.07, 6.45) is 1.38. The Hall–Kier alpha value is -3.41. The molecule has 8 nitrogen and oxygen atoms in total. The summed E-state index contributed by atoms with van der Waals surface area (Å²) in [6.45, 7) is 1.34. The van der Waals surface area contributed by atoms with Crippen molar-refractivity contribution < 1.29 is 24.2 Å². The van der Waals surface area contributed by atoms with Crippen LogP contribution in [0.15, 0.2) is 54.6 Å². The van der Waals surface area contributed by atoms with Gasteiger partial charge in [0.1, 0.15) is 6.10 Å². The largest absolute Gasteiger partial charge is 0.548 e. The van der Waals surface area contributed by atoms with Crippen molar-refractivity contribution in [3.05, 3.63) is 65.7 Å². The van der Waals surface area contributed by atoms with Crippen molar-refractivity contribution in [2.45, 2.75) is 37.5 Å². The van der Waals surface area contributed by atoms with Crippen LogP contribution in [0.3, 0.4) is 0 Å². The Morgan fingerprint density at radius 2 is 1.94 bits per heavy atom. The Morgan fingerprint density at radius 3 is 2.64 bits per heavy atom. The zero-order chi connectivity index (χ0) is 23.2. The summed E-state index contributed by atoms with van der Waals surface area (Å²) in [5.41, 5.74) is 2.43. The number of ether oxygens (including phenoxy) is 2. The molecule has 2 fully saturated rings. The van der Waals surface area contributed by atoms with Gasteiger partial charge in [-0.3, -0.25) is 9.80 Å². The minimum Gasteiger partial charge on any atom is -0.548 e. The standard InChI is InChI=1S/C25H27N3O5/c26-14-19-6-8-20(9-7-19)28-16-23(33-25(28)31)15-27-11-10-22(32-17-24(29)30)13-21(27)12-18-4-2-1-3-5-18/h1-9,21-23H,10-13,15-17H2,(H,29,30)/p-1. The molecule has 2 heterocycles. The molecule has 2 aliphatic heterocycles. The fourth-order valence-electron chi connectivity index (χ4n) is 4.54. The lowest BCUT2D eigenvalue weighted by molar-refractivity contribution is -0.311. The number of aliphatic carboxylic acids is 1. The van der Waals surface area contributed by atoms with E-state index >= 15 is 0 Å². The van der Waals surface area contributed by atoms with Crippen molar-refractivity contribution in [3.63, 3.8) is 0 Å². The minimum absolute atomic E-state index is 0.135. The van der Waals surface area contributed by atoms with E-state index in [1.807, 2.05) is 18.2 Å². The van der Waals surface area contributed by atoms with Crippen molar-refractivity contribution in [1.29, 1.82) is 5.26 Å². The van der Waals surface area contributed by atoms with Gasteiger partial charge in [-0.2, -0.15) is 5.26 Å². The van der Waals surface area contributed by atoms with Gasteiger partial charge >= 0.3 is 6.09 Å². The number of carboxylic acid groups (broad SMARTS) is 1. The Morgan fingerprint density at radius 1 is 1.18 bits per heavy atom. The van der Waals surface area contributed by atoms with E-state index in [0.29, 0.717) is 37.2 Å². The number of piperidine rings is 1. The predicted octanol–water partition coefficient (Wildman–Crippen LogP) is 1.73. The normalized spacial score (nSPS) is 23.2. The minimum atomic E-state index is -1.21. The van der Waals surface area contributed by atoms with Crippen LogP contribution in [0.5, 0.6) is 0 Å². The van der Waals surface area contributed by atoms with Crippen molar-refractivity contribution in [3.8, 4) is 6.07 Å². The van der Waals surface area contributed by atoms with E-state index in [1.54, 1.807) is 29.2 Å². The number of carboxylic acids is 1. The highest BCUT2D eigenvalue weighted by Gasteiger charge is 2.37.